The first-order chi connectivity index (χ1) is 18.4. The molecule has 0 saturated heterocycles. The number of para-hydroxylation sites is 2. The summed E-state index contributed by atoms with van der Waals surface area (Å²) in [5, 5.41) is 7.83. The second kappa shape index (κ2) is 11.0. The van der Waals surface area contributed by atoms with Crippen molar-refractivity contribution in [3.05, 3.63) is 95.4 Å². The monoisotopic (exact) mass is 508 g/mol. The van der Waals surface area contributed by atoms with Gasteiger partial charge in [0.2, 0.25) is 0 Å². The fourth-order valence-corrected chi connectivity index (χ4v) is 6.18. The van der Waals surface area contributed by atoms with Crippen LogP contribution in [0.4, 0.5) is 10.5 Å². The van der Waals surface area contributed by atoms with Crippen molar-refractivity contribution in [1.29, 1.82) is 0 Å². The first kappa shape index (κ1) is 26.0. The van der Waals surface area contributed by atoms with Crippen LogP contribution in [0.3, 0.4) is 0 Å². The van der Waals surface area contributed by atoms with Gasteiger partial charge in [-0.05, 0) is 59.1 Å². The predicted octanol–water partition coefficient (Wildman–Crippen LogP) is 7.96. The fourth-order valence-electron chi connectivity index (χ4n) is 6.18. The highest BCUT2D eigenvalue weighted by Gasteiger charge is 2.38. The lowest BCUT2D eigenvalue weighted by Crippen LogP contribution is -2.41. The molecule has 2 aromatic carbocycles. The van der Waals surface area contributed by atoms with Gasteiger partial charge in [-0.3, -0.25) is 4.98 Å². The second-order valence-electron chi connectivity index (χ2n) is 11.5. The molecule has 1 aliphatic rings. The summed E-state index contributed by atoms with van der Waals surface area (Å²) < 4.78 is 2.34. The van der Waals surface area contributed by atoms with E-state index >= 15 is 0 Å². The number of anilines is 1. The standard InChI is InChI=1S/C33H40N4O/c1-23(2)26-13-9-14-27(24(3)4)31(26)36-32(38)35-22-33(16-7-8-17-33)29-21-37(20-25-11-10-18-34-19-25)30-15-6-5-12-28(29)30/h5-6,9-15,18-19,21,23-24H,7-8,16-17,20,22H2,1-4H3,(H2,35,36,38). The minimum Gasteiger partial charge on any atom is -0.343 e. The molecule has 1 fully saturated rings. The van der Waals surface area contributed by atoms with Crippen molar-refractivity contribution < 1.29 is 4.79 Å². The lowest BCUT2D eigenvalue weighted by molar-refractivity contribution is 0.248. The molecular formula is C33H40N4O. The summed E-state index contributed by atoms with van der Waals surface area (Å²) in [7, 11) is 0. The quantitative estimate of drug-likeness (QED) is 0.254. The van der Waals surface area contributed by atoms with Crippen molar-refractivity contribution in [3.8, 4) is 0 Å². The van der Waals surface area contributed by atoms with Crippen LogP contribution in [0.2, 0.25) is 0 Å². The molecule has 0 radical (unpaired) electrons. The molecule has 2 N–H and O–H groups in total. The first-order valence-corrected chi connectivity index (χ1v) is 14.0. The van der Waals surface area contributed by atoms with Gasteiger partial charge in [-0.1, -0.05) is 83.0 Å². The maximum atomic E-state index is 13.4. The highest BCUT2D eigenvalue weighted by molar-refractivity contribution is 5.92. The third-order valence-corrected chi connectivity index (χ3v) is 8.20. The minimum atomic E-state index is -0.120. The van der Waals surface area contributed by atoms with Gasteiger partial charge in [0.25, 0.3) is 0 Å². The Balaban J connectivity index is 1.42. The molecule has 198 valence electrons. The van der Waals surface area contributed by atoms with Crippen molar-refractivity contribution in [1.82, 2.24) is 14.9 Å². The van der Waals surface area contributed by atoms with Gasteiger partial charge < -0.3 is 15.2 Å². The zero-order chi connectivity index (χ0) is 26.7. The van der Waals surface area contributed by atoms with Gasteiger partial charge in [0, 0.05) is 53.7 Å². The van der Waals surface area contributed by atoms with Gasteiger partial charge in [0.1, 0.15) is 0 Å². The van der Waals surface area contributed by atoms with E-state index in [-0.39, 0.29) is 11.4 Å². The molecule has 5 nitrogen and oxygen atoms in total. The van der Waals surface area contributed by atoms with Crippen molar-refractivity contribution in [2.24, 2.45) is 0 Å². The van der Waals surface area contributed by atoms with E-state index in [4.69, 9.17) is 0 Å². The SMILES string of the molecule is CC(C)c1cccc(C(C)C)c1NC(=O)NCC1(c2cn(Cc3cccnc3)c3ccccc23)CCCC1. The normalized spacial score (nSPS) is 14.9. The first-order valence-electron chi connectivity index (χ1n) is 14.0. The van der Waals surface area contributed by atoms with Gasteiger partial charge in [0.05, 0.1) is 0 Å². The van der Waals surface area contributed by atoms with Crippen molar-refractivity contribution in [3.63, 3.8) is 0 Å². The lowest BCUT2D eigenvalue weighted by atomic mass is 9.78. The van der Waals surface area contributed by atoms with Crippen LogP contribution in [0.5, 0.6) is 0 Å². The molecule has 1 saturated carbocycles. The average molecular weight is 509 g/mol. The van der Waals surface area contributed by atoms with E-state index in [1.807, 2.05) is 18.5 Å². The number of fused-ring (bicyclic) bond motifs is 1. The Hall–Kier alpha value is -3.60. The number of hydrogen-bond donors (Lipinski definition) is 2. The maximum Gasteiger partial charge on any atom is 0.319 e. The third-order valence-electron chi connectivity index (χ3n) is 8.20. The summed E-state index contributed by atoms with van der Waals surface area (Å²) in [6.07, 6.45) is 10.6. The summed E-state index contributed by atoms with van der Waals surface area (Å²) in [4.78, 5) is 17.7. The molecule has 4 aromatic rings. The Kier molecular flexibility index (Phi) is 7.55. The number of carbonyl (C=O) groups excluding carboxylic acids is 1. The van der Waals surface area contributed by atoms with Crippen molar-refractivity contribution in [2.75, 3.05) is 11.9 Å². The van der Waals surface area contributed by atoms with Gasteiger partial charge in [0.15, 0.2) is 0 Å². The number of benzene rings is 2. The third kappa shape index (κ3) is 5.20. The Morgan fingerprint density at radius 3 is 2.32 bits per heavy atom. The van der Waals surface area contributed by atoms with E-state index < -0.39 is 0 Å². The van der Waals surface area contributed by atoms with Crippen molar-refractivity contribution >= 4 is 22.6 Å². The number of carbonyl (C=O) groups is 1. The Labute approximate surface area is 226 Å². The van der Waals surface area contributed by atoms with Crippen LogP contribution in [0.1, 0.15) is 87.5 Å². The van der Waals surface area contributed by atoms with Crippen molar-refractivity contribution in [2.45, 2.75) is 77.2 Å². The minimum absolute atomic E-state index is 0.0738. The number of nitrogens with one attached hydrogen (secondary N) is 2. The van der Waals surface area contributed by atoms with Crippen LogP contribution in [-0.4, -0.2) is 22.1 Å². The van der Waals surface area contributed by atoms with Crippen LogP contribution in [-0.2, 0) is 12.0 Å². The molecule has 0 spiro atoms. The van der Waals surface area contributed by atoms with Gasteiger partial charge in [-0.15, -0.1) is 0 Å². The molecule has 5 rings (SSSR count). The van der Waals surface area contributed by atoms with E-state index in [2.05, 4.69) is 103 Å². The number of urea groups is 1. The molecule has 0 aliphatic heterocycles. The summed E-state index contributed by atoms with van der Waals surface area (Å²) in [5.74, 6) is 0.659. The second-order valence-corrected chi connectivity index (χ2v) is 11.5. The summed E-state index contributed by atoms with van der Waals surface area (Å²) >= 11 is 0. The number of nitrogens with zero attached hydrogens (tertiary/aromatic N) is 2. The Bertz CT molecular complexity index is 1370. The summed E-state index contributed by atoms with van der Waals surface area (Å²) in [6.45, 7) is 10.1. The Morgan fingerprint density at radius 1 is 0.947 bits per heavy atom. The molecule has 5 heteroatoms. The highest BCUT2D eigenvalue weighted by atomic mass is 16.2. The van der Waals surface area contributed by atoms with E-state index in [1.165, 1.54) is 46.0 Å². The van der Waals surface area contributed by atoms with E-state index in [9.17, 15) is 4.79 Å². The Morgan fingerprint density at radius 2 is 1.66 bits per heavy atom. The molecule has 0 unspecified atom stereocenters. The summed E-state index contributed by atoms with van der Waals surface area (Å²) in [6, 6.07) is 19.0. The van der Waals surface area contributed by atoms with Crippen LogP contribution < -0.4 is 10.6 Å². The number of hydrogen-bond acceptors (Lipinski definition) is 2. The number of pyridine rings is 1. The smallest absolute Gasteiger partial charge is 0.319 e. The molecular weight excluding hydrogens is 468 g/mol. The molecule has 38 heavy (non-hydrogen) atoms. The number of amides is 2. The molecule has 1 aliphatic carbocycles. The number of aromatic nitrogens is 2. The molecule has 0 atom stereocenters. The molecule has 2 heterocycles. The van der Waals surface area contributed by atoms with Gasteiger partial charge in [-0.2, -0.15) is 0 Å². The fraction of sp³-hybridized carbons (Fsp3) is 0.394. The van der Waals surface area contributed by atoms with Crippen LogP contribution in [0, 0.1) is 0 Å². The molecule has 2 amide bonds. The van der Waals surface area contributed by atoms with E-state index in [0.717, 1.165) is 25.1 Å². The van der Waals surface area contributed by atoms with Gasteiger partial charge in [-0.25, -0.2) is 4.79 Å². The largest absolute Gasteiger partial charge is 0.343 e. The van der Waals surface area contributed by atoms with Gasteiger partial charge >= 0.3 is 6.03 Å². The zero-order valence-corrected chi connectivity index (χ0v) is 23.1. The number of rotatable bonds is 8. The highest BCUT2D eigenvalue weighted by Crippen LogP contribution is 2.44. The topological polar surface area (TPSA) is 59.0 Å². The summed E-state index contributed by atoms with van der Waals surface area (Å²) in [5.41, 5.74) is 7.01. The lowest BCUT2D eigenvalue weighted by Gasteiger charge is -2.30. The predicted molar refractivity (Wildman–Crippen MR) is 157 cm³/mol. The molecule has 0 bridgehead atoms. The zero-order valence-electron chi connectivity index (χ0n) is 23.1. The van der Waals surface area contributed by atoms with E-state index in [1.54, 1.807) is 0 Å². The average Bonchev–Trinajstić information content (AvgIpc) is 3.54. The maximum absolute atomic E-state index is 13.4. The van der Waals surface area contributed by atoms with Crippen LogP contribution in [0.15, 0.2) is 73.2 Å². The van der Waals surface area contributed by atoms with Crippen LogP contribution >= 0.6 is 0 Å². The molecule has 2 aromatic heterocycles. The van der Waals surface area contributed by atoms with Crippen LogP contribution in [0.25, 0.3) is 10.9 Å². The van der Waals surface area contributed by atoms with E-state index in [0.29, 0.717) is 18.4 Å².